The summed E-state index contributed by atoms with van der Waals surface area (Å²) in [7, 11) is 0. The molecule has 0 amide bonds. The molecule has 0 unspecified atom stereocenters. The Hall–Kier alpha value is -1.00. The third-order valence-electron chi connectivity index (χ3n) is 2.20. The first-order chi connectivity index (χ1) is 6.40. The molecule has 0 aliphatic rings. The highest BCUT2D eigenvalue weighted by Gasteiger charge is 2.26. The minimum absolute atomic E-state index is 0.111. The Bertz CT molecular complexity index is 301. The molecular formula is C9H13F3N2. The standard InChI is InChI=1S/C9H13F3N2/c1-7-8(2)14(6-13-7)5-3-4-9(10,11)12/h6H,3-5H2,1-2H3. The summed E-state index contributed by atoms with van der Waals surface area (Å²) >= 11 is 0. The zero-order valence-electron chi connectivity index (χ0n) is 8.23. The Kier molecular flexibility index (Phi) is 3.18. The van der Waals surface area contributed by atoms with Crippen LogP contribution < -0.4 is 0 Å². The lowest BCUT2D eigenvalue weighted by Gasteiger charge is -2.07. The highest BCUT2D eigenvalue weighted by Crippen LogP contribution is 2.21. The molecule has 1 aromatic heterocycles. The number of imidazole rings is 1. The van der Waals surface area contributed by atoms with E-state index in [0.717, 1.165) is 11.4 Å². The number of rotatable bonds is 3. The van der Waals surface area contributed by atoms with Gasteiger partial charge in [0.1, 0.15) is 0 Å². The quantitative estimate of drug-likeness (QED) is 0.743. The van der Waals surface area contributed by atoms with E-state index in [4.69, 9.17) is 0 Å². The lowest BCUT2D eigenvalue weighted by Crippen LogP contribution is -2.09. The van der Waals surface area contributed by atoms with Crippen molar-refractivity contribution in [2.45, 2.75) is 39.4 Å². The monoisotopic (exact) mass is 206 g/mol. The first kappa shape index (κ1) is 11.1. The summed E-state index contributed by atoms with van der Waals surface area (Å²) in [6.45, 7) is 4.08. The Balaban J connectivity index is 2.43. The van der Waals surface area contributed by atoms with Gasteiger partial charge in [-0.2, -0.15) is 13.2 Å². The van der Waals surface area contributed by atoms with Crippen LogP contribution in [0.1, 0.15) is 24.2 Å². The molecule has 1 aromatic rings. The number of aromatic nitrogens is 2. The molecule has 0 saturated heterocycles. The molecule has 0 spiro atoms. The zero-order valence-corrected chi connectivity index (χ0v) is 8.23. The third-order valence-corrected chi connectivity index (χ3v) is 2.20. The molecule has 0 atom stereocenters. The molecule has 0 fully saturated rings. The summed E-state index contributed by atoms with van der Waals surface area (Å²) < 4.78 is 37.3. The van der Waals surface area contributed by atoms with Crippen molar-refractivity contribution >= 4 is 0 Å². The number of hydrogen-bond donors (Lipinski definition) is 0. The summed E-state index contributed by atoms with van der Waals surface area (Å²) in [5.74, 6) is 0. The number of hydrogen-bond acceptors (Lipinski definition) is 1. The summed E-state index contributed by atoms with van der Waals surface area (Å²) in [5, 5.41) is 0. The Morgan fingerprint density at radius 2 is 2.00 bits per heavy atom. The number of halogens is 3. The molecule has 1 rings (SSSR count). The van der Waals surface area contributed by atoms with Gasteiger partial charge in [0, 0.05) is 18.7 Å². The normalized spacial score (nSPS) is 12.1. The van der Waals surface area contributed by atoms with Gasteiger partial charge in [-0.25, -0.2) is 4.98 Å². The first-order valence-corrected chi connectivity index (χ1v) is 4.45. The maximum Gasteiger partial charge on any atom is 0.389 e. The highest BCUT2D eigenvalue weighted by atomic mass is 19.4. The fourth-order valence-corrected chi connectivity index (χ4v) is 1.22. The Morgan fingerprint density at radius 3 is 2.43 bits per heavy atom. The molecule has 80 valence electrons. The molecule has 0 saturated carbocycles. The highest BCUT2D eigenvalue weighted by molar-refractivity contribution is 5.08. The molecule has 0 bridgehead atoms. The van der Waals surface area contributed by atoms with Gasteiger partial charge in [0.2, 0.25) is 0 Å². The fourth-order valence-electron chi connectivity index (χ4n) is 1.22. The van der Waals surface area contributed by atoms with Crippen LogP contribution in [0, 0.1) is 13.8 Å². The van der Waals surface area contributed by atoms with Gasteiger partial charge in [0.25, 0.3) is 0 Å². The molecule has 0 radical (unpaired) electrons. The van der Waals surface area contributed by atoms with E-state index in [1.807, 2.05) is 13.8 Å². The largest absolute Gasteiger partial charge is 0.389 e. The van der Waals surface area contributed by atoms with Crippen LogP contribution in [0.3, 0.4) is 0 Å². The van der Waals surface area contributed by atoms with Gasteiger partial charge < -0.3 is 4.57 Å². The Labute approximate surface area is 80.8 Å². The molecule has 0 aliphatic heterocycles. The summed E-state index contributed by atoms with van der Waals surface area (Å²) in [4.78, 5) is 4.01. The first-order valence-electron chi connectivity index (χ1n) is 4.45. The topological polar surface area (TPSA) is 17.8 Å². The van der Waals surface area contributed by atoms with E-state index in [1.54, 1.807) is 10.9 Å². The zero-order chi connectivity index (χ0) is 10.8. The van der Waals surface area contributed by atoms with Gasteiger partial charge >= 0.3 is 6.18 Å². The predicted molar refractivity (Wildman–Crippen MR) is 47.0 cm³/mol. The SMILES string of the molecule is Cc1ncn(CCCC(F)(F)F)c1C. The minimum Gasteiger partial charge on any atom is -0.335 e. The van der Waals surface area contributed by atoms with Gasteiger partial charge in [-0.05, 0) is 20.3 Å². The number of nitrogens with zero attached hydrogens (tertiary/aromatic N) is 2. The van der Waals surface area contributed by atoms with Crippen LogP contribution in [0.5, 0.6) is 0 Å². The van der Waals surface area contributed by atoms with E-state index >= 15 is 0 Å². The smallest absolute Gasteiger partial charge is 0.335 e. The van der Waals surface area contributed by atoms with Crippen molar-refractivity contribution in [1.29, 1.82) is 0 Å². The van der Waals surface area contributed by atoms with Crippen molar-refractivity contribution in [3.05, 3.63) is 17.7 Å². The van der Waals surface area contributed by atoms with Gasteiger partial charge in [-0.3, -0.25) is 0 Å². The van der Waals surface area contributed by atoms with Crippen molar-refractivity contribution < 1.29 is 13.2 Å². The van der Waals surface area contributed by atoms with Crippen molar-refractivity contribution in [1.82, 2.24) is 9.55 Å². The fraction of sp³-hybridized carbons (Fsp3) is 0.667. The average molecular weight is 206 g/mol. The second-order valence-corrected chi connectivity index (χ2v) is 3.33. The molecular weight excluding hydrogens is 193 g/mol. The molecule has 0 aliphatic carbocycles. The number of aryl methyl sites for hydroxylation is 2. The summed E-state index contributed by atoms with van der Waals surface area (Å²) in [5.41, 5.74) is 1.81. The number of alkyl halides is 3. The van der Waals surface area contributed by atoms with Crippen LogP contribution in [-0.4, -0.2) is 15.7 Å². The van der Waals surface area contributed by atoms with Crippen molar-refractivity contribution in [2.75, 3.05) is 0 Å². The molecule has 0 aromatic carbocycles. The van der Waals surface area contributed by atoms with Crippen molar-refractivity contribution in [2.24, 2.45) is 0 Å². The van der Waals surface area contributed by atoms with Gasteiger partial charge in [0.15, 0.2) is 0 Å². The van der Waals surface area contributed by atoms with Crippen LogP contribution in [-0.2, 0) is 6.54 Å². The van der Waals surface area contributed by atoms with E-state index in [2.05, 4.69) is 4.98 Å². The maximum atomic E-state index is 11.8. The third kappa shape index (κ3) is 3.05. The lowest BCUT2D eigenvalue weighted by atomic mass is 10.3. The minimum atomic E-state index is -4.05. The summed E-state index contributed by atoms with van der Waals surface area (Å²) in [6.07, 6.45) is -3.09. The maximum absolute atomic E-state index is 11.8. The van der Waals surface area contributed by atoms with E-state index < -0.39 is 12.6 Å². The average Bonchev–Trinajstić information content (AvgIpc) is 2.33. The van der Waals surface area contributed by atoms with E-state index in [1.165, 1.54) is 0 Å². The second-order valence-electron chi connectivity index (χ2n) is 3.33. The van der Waals surface area contributed by atoms with E-state index in [9.17, 15) is 13.2 Å². The summed E-state index contributed by atoms with van der Waals surface area (Å²) in [6, 6.07) is 0. The van der Waals surface area contributed by atoms with Gasteiger partial charge in [-0.15, -0.1) is 0 Å². The molecule has 1 heterocycles. The predicted octanol–water partition coefficient (Wildman–Crippen LogP) is 2.84. The van der Waals surface area contributed by atoms with Crippen LogP contribution in [0.2, 0.25) is 0 Å². The van der Waals surface area contributed by atoms with Crippen LogP contribution >= 0.6 is 0 Å². The lowest BCUT2D eigenvalue weighted by molar-refractivity contribution is -0.135. The Morgan fingerprint density at radius 1 is 1.36 bits per heavy atom. The van der Waals surface area contributed by atoms with E-state index in [0.29, 0.717) is 6.54 Å². The van der Waals surface area contributed by atoms with Gasteiger partial charge in [-0.1, -0.05) is 0 Å². The van der Waals surface area contributed by atoms with E-state index in [-0.39, 0.29) is 6.42 Å². The van der Waals surface area contributed by atoms with Crippen molar-refractivity contribution in [3.8, 4) is 0 Å². The second kappa shape index (κ2) is 4.02. The molecule has 5 heteroatoms. The van der Waals surface area contributed by atoms with Crippen LogP contribution in [0.15, 0.2) is 6.33 Å². The molecule has 14 heavy (non-hydrogen) atoms. The molecule has 0 N–H and O–H groups in total. The van der Waals surface area contributed by atoms with Crippen LogP contribution in [0.25, 0.3) is 0 Å². The van der Waals surface area contributed by atoms with Crippen molar-refractivity contribution in [3.63, 3.8) is 0 Å². The molecule has 2 nitrogen and oxygen atoms in total. The van der Waals surface area contributed by atoms with Gasteiger partial charge in [0.05, 0.1) is 12.0 Å². The van der Waals surface area contributed by atoms with Crippen LogP contribution in [0.4, 0.5) is 13.2 Å².